The van der Waals surface area contributed by atoms with Gasteiger partial charge in [0.15, 0.2) is 0 Å². The molecule has 0 spiro atoms. The first kappa shape index (κ1) is 15.4. The van der Waals surface area contributed by atoms with Gasteiger partial charge in [0.1, 0.15) is 5.82 Å². The summed E-state index contributed by atoms with van der Waals surface area (Å²) in [6.07, 6.45) is 0.483. The van der Waals surface area contributed by atoms with Gasteiger partial charge in [-0.2, -0.15) is 0 Å². The average molecular weight is 380 g/mol. The van der Waals surface area contributed by atoms with Crippen LogP contribution in [0, 0.1) is 5.82 Å². The molecule has 0 fully saturated rings. The maximum absolute atomic E-state index is 13.2. The van der Waals surface area contributed by atoms with Crippen LogP contribution in [0.4, 0.5) is 10.1 Å². The summed E-state index contributed by atoms with van der Waals surface area (Å²) in [4.78, 5) is 3.97. The van der Waals surface area contributed by atoms with Gasteiger partial charge in [0.05, 0.1) is 21.8 Å². The molecule has 0 aliphatic carbocycles. The summed E-state index contributed by atoms with van der Waals surface area (Å²) in [5.41, 5.74) is 7.68. The lowest BCUT2D eigenvalue weighted by Crippen LogP contribution is -2.26. The lowest BCUT2D eigenvalue weighted by atomic mass is 10.3. The predicted molar refractivity (Wildman–Crippen MR) is 79.5 cm³/mol. The van der Waals surface area contributed by atoms with Crippen LogP contribution in [0.3, 0.4) is 0 Å². The monoisotopic (exact) mass is 379 g/mol. The minimum absolute atomic E-state index is 0.0883. The van der Waals surface area contributed by atoms with Gasteiger partial charge in [0, 0.05) is 22.8 Å². The molecule has 20 heavy (non-hydrogen) atoms. The number of halogens is 2. The number of nitrogen functional groups attached to an aromatic ring is 1. The van der Waals surface area contributed by atoms with E-state index in [-0.39, 0.29) is 21.6 Å². The number of benzene rings is 1. The highest BCUT2D eigenvalue weighted by atomic mass is 79.9. The van der Waals surface area contributed by atoms with Crippen molar-refractivity contribution in [3.05, 3.63) is 39.0 Å². The molecule has 0 atom stereocenters. The Morgan fingerprint density at radius 1 is 1.45 bits per heavy atom. The van der Waals surface area contributed by atoms with Crippen molar-refractivity contribution in [1.82, 2.24) is 9.71 Å². The molecule has 2 rings (SSSR count). The predicted octanol–water partition coefficient (Wildman–Crippen LogP) is 2.15. The van der Waals surface area contributed by atoms with Crippen LogP contribution in [0.5, 0.6) is 0 Å². The van der Waals surface area contributed by atoms with E-state index in [9.17, 15) is 12.8 Å². The largest absolute Gasteiger partial charge is 0.396 e. The zero-order valence-electron chi connectivity index (χ0n) is 10.1. The van der Waals surface area contributed by atoms with Crippen LogP contribution < -0.4 is 10.5 Å². The summed E-state index contributed by atoms with van der Waals surface area (Å²) < 4.78 is 40.0. The van der Waals surface area contributed by atoms with Crippen molar-refractivity contribution in [2.75, 3.05) is 12.3 Å². The number of nitrogens with one attached hydrogen (secondary N) is 1. The molecule has 2 aromatic rings. The second kappa shape index (κ2) is 6.17. The maximum Gasteiger partial charge on any atom is 0.241 e. The number of hydrogen-bond acceptors (Lipinski definition) is 5. The molecule has 3 N–H and O–H groups in total. The molecule has 0 aliphatic heterocycles. The summed E-state index contributed by atoms with van der Waals surface area (Å²) in [5.74, 6) is -0.668. The topological polar surface area (TPSA) is 85.1 Å². The summed E-state index contributed by atoms with van der Waals surface area (Å²) in [6, 6.07) is 2.12. The highest BCUT2D eigenvalue weighted by Gasteiger charge is 2.19. The molecule has 0 aliphatic rings. The number of nitrogens with two attached hydrogens (primary N) is 1. The van der Waals surface area contributed by atoms with Gasteiger partial charge < -0.3 is 5.73 Å². The Balaban J connectivity index is 2.12. The number of rotatable bonds is 5. The lowest BCUT2D eigenvalue weighted by molar-refractivity contribution is 0.580. The van der Waals surface area contributed by atoms with E-state index in [2.05, 4.69) is 25.6 Å². The number of aromatic nitrogens is 1. The van der Waals surface area contributed by atoms with Gasteiger partial charge >= 0.3 is 0 Å². The van der Waals surface area contributed by atoms with Crippen molar-refractivity contribution in [2.45, 2.75) is 11.3 Å². The normalized spacial score (nSPS) is 11.7. The van der Waals surface area contributed by atoms with E-state index in [4.69, 9.17) is 5.73 Å². The quantitative estimate of drug-likeness (QED) is 0.779. The average Bonchev–Trinajstić information content (AvgIpc) is 2.86. The van der Waals surface area contributed by atoms with Crippen molar-refractivity contribution in [2.24, 2.45) is 0 Å². The fourth-order valence-corrected chi connectivity index (χ4v) is 4.17. The van der Waals surface area contributed by atoms with Crippen LogP contribution in [0.2, 0.25) is 0 Å². The third-order valence-electron chi connectivity index (χ3n) is 2.50. The third kappa shape index (κ3) is 3.54. The Morgan fingerprint density at radius 3 is 2.85 bits per heavy atom. The standard InChI is InChI=1S/C11H11BrFN3O2S2/c12-8-3-9(13)10(14)4-11(8)20(17,18)16-2-1-7-5-19-6-15-7/h3-6,16H,1-2,14H2. The summed E-state index contributed by atoms with van der Waals surface area (Å²) in [6.45, 7) is 0.204. The molecule has 0 radical (unpaired) electrons. The van der Waals surface area contributed by atoms with E-state index < -0.39 is 15.8 Å². The van der Waals surface area contributed by atoms with E-state index in [1.165, 1.54) is 11.3 Å². The Hall–Kier alpha value is -1.03. The molecule has 1 aromatic heterocycles. The smallest absolute Gasteiger partial charge is 0.241 e. The van der Waals surface area contributed by atoms with Gasteiger partial charge in [-0.1, -0.05) is 0 Å². The zero-order chi connectivity index (χ0) is 14.8. The Bertz CT molecular complexity index is 705. The highest BCUT2D eigenvalue weighted by molar-refractivity contribution is 9.10. The number of nitrogens with zero attached hydrogens (tertiary/aromatic N) is 1. The van der Waals surface area contributed by atoms with Gasteiger partial charge in [-0.3, -0.25) is 0 Å². The fraction of sp³-hybridized carbons (Fsp3) is 0.182. The van der Waals surface area contributed by atoms with Crippen LogP contribution in [-0.4, -0.2) is 19.9 Å². The number of anilines is 1. The number of thiazole rings is 1. The Kier molecular flexibility index (Phi) is 4.74. The van der Waals surface area contributed by atoms with Crippen molar-refractivity contribution < 1.29 is 12.8 Å². The van der Waals surface area contributed by atoms with Gasteiger partial charge in [-0.05, 0) is 28.1 Å². The minimum atomic E-state index is -3.75. The second-order valence-electron chi connectivity index (χ2n) is 3.93. The fourth-order valence-electron chi connectivity index (χ4n) is 1.50. The summed E-state index contributed by atoms with van der Waals surface area (Å²) in [7, 11) is -3.75. The molecule has 0 amide bonds. The van der Waals surface area contributed by atoms with E-state index >= 15 is 0 Å². The molecule has 1 heterocycles. The molecular weight excluding hydrogens is 369 g/mol. The van der Waals surface area contributed by atoms with Crippen LogP contribution in [0.15, 0.2) is 32.4 Å². The molecule has 0 saturated carbocycles. The van der Waals surface area contributed by atoms with E-state index in [1.807, 2.05) is 5.38 Å². The van der Waals surface area contributed by atoms with Crippen molar-refractivity contribution in [3.63, 3.8) is 0 Å². The zero-order valence-corrected chi connectivity index (χ0v) is 13.4. The molecule has 0 bridgehead atoms. The highest BCUT2D eigenvalue weighted by Crippen LogP contribution is 2.26. The first-order valence-electron chi connectivity index (χ1n) is 5.51. The Morgan fingerprint density at radius 2 is 2.20 bits per heavy atom. The lowest BCUT2D eigenvalue weighted by Gasteiger charge is -2.09. The molecule has 108 valence electrons. The SMILES string of the molecule is Nc1cc(S(=O)(=O)NCCc2cscn2)c(Br)cc1F. The van der Waals surface area contributed by atoms with Crippen LogP contribution in [0.25, 0.3) is 0 Å². The molecule has 0 saturated heterocycles. The van der Waals surface area contributed by atoms with Crippen LogP contribution in [-0.2, 0) is 16.4 Å². The van der Waals surface area contributed by atoms with Crippen molar-refractivity contribution in [1.29, 1.82) is 0 Å². The first-order chi connectivity index (χ1) is 9.40. The molecule has 9 heteroatoms. The van der Waals surface area contributed by atoms with Crippen LogP contribution in [0.1, 0.15) is 5.69 Å². The molecule has 0 unspecified atom stereocenters. The molecule has 1 aromatic carbocycles. The second-order valence-corrected chi connectivity index (χ2v) is 7.24. The summed E-state index contributed by atoms with van der Waals surface area (Å²) in [5, 5.41) is 1.85. The first-order valence-corrected chi connectivity index (χ1v) is 8.73. The van der Waals surface area contributed by atoms with E-state index in [0.29, 0.717) is 6.42 Å². The van der Waals surface area contributed by atoms with Gasteiger partial charge in [-0.15, -0.1) is 11.3 Å². The molecule has 5 nitrogen and oxygen atoms in total. The van der Waals surface area contributed by atoms with E-state index in [1.54, 1.807) is 5.51 Å². The maximum atomic E-state index is 13.2. The van der Waals surface area contributed by atoms with Crippen molar-refractivity contribution in [3.8, 4) is 0 Å². The van der Waals surface area contributed by atoms with Crippen molar-refractivity contribution >= 4 is 43.0 Å². The molecular formula is C11H11BrFN3O2S2. The third-order valence-corrected chi connectivity index (χ3v) is 5.55. The van der Waals surface area contributed by atoms with E-state index in [0.717, 1.165) is 17.8 Å². The number of sulfonamides is 1. The van der Waals surface area contributed by atoms with Gasteiger partial charge in [-0.25, -0.2) is 22.5 Å². The minimum Gasteiger partial charge on any atom is -0.396 e. The summed E-state index contributed by atoms with van der Waals surface area (Å²) >= 11 is 4.47. The van der Waals surface area contributed by atoms with Crippen LogP contribution >= 0.6 is 27.3 Å². The number of hydrogen-bond donors (Lipinski definition) is 2. The Labute approximate surface area is 128 Å². The van der Waals surface area contributed by atoms with Gasteiger partial charge in [0.25, 0.3) is 0 Å². The van der Waals surface area contributed by atoms with Gasteiger partial charge in [0.2, 0.25) is 10.0 Å².